The molecule has 6 nitrogen and oxygen atoms in total. The lowest BCUT2D eigenvalue weighted by Gasteiger charge is -2.25. The highest BCUT2D eigenvalue weighted by Crippen LogP contribution is 2.40. The normalized spacial score (nSPS) is 17.1. The summed E-state index contributed by atoms with van der Waals surface area (Å²) < 4.78 is 11.0. The molecule has 1 aliphatic rings. The van der Waals surface area contributed by atoms with E-state index in [1.165, 1.54) is 4.90 Å². The maximum atomic E-state index is 13.0. The van der Waals surface area contributed by atoms with Crippen LogP contribution in [-0.2, 0) is 20.9 Å². The van der Waals surface area contributed by atoms with E-state index >= 15 is 0 Å². The van der Waals surface area contributed by atoms with Crippen LogP contribution in [0.25, 0.3) is 5.76 Å². The molecule has 1 amide bonds. The molecule has 0 spiro atoms. The summed E-state index contributed by atoms with van der Waals surface area (Å²) in [5, 5.41) is 11.6. The Morgan fingerprint density at radius 2 is 1.66 bits per heavy atom. The van der Waals surface area contributed by atoms with Gasteiger partial charge in [-0.25, -0.2) is 0 Å². The fraction of sp³-hybridized carbons (Fsp3) is 0.214. The van der Waals surface area contributed by atoms with Crippen LogP contribution in [0.4, 0.5) is 0 Å². The topological polar surface area (TPSA) is 76.1 Å². The second-order valence-corrected chi connectivity index (χ2v) is 8.63. The summed E-state index contributed by atoms with van der Waals surface area (Å²) in [4.78, 5) is 27.5. The number of rotatable bonds is 9. The van der Waals surface area contributed by atoms with Crippen LogP contribution in [0.3, 0.4) is 0 Å². The highest BCUT2D eigenvalue weighted by Gasteiger charge is 2.45. The van der Waals surface area contributed by atoms with E-state index < -0.39 is 17.7 Å². The average molecular weight is 492 g/mol. The van der Waals surface area contributed by atoms with Gasteiger partial charge in [-0.3, -0.25) is 9.59 Å². The first kappa shape index (κ1) is 24.5. The van der Waals surface area contributed by atoms with E-state index in [9.17, 15) is 14.7 Å². The molecule has 1 heterocycles. The van der Waals surface area contributed by atoms with E-state index in [1.54, 1.807) is 43.5 Å². The van der Waals surface area contributed by atoms with Crippen LogP contribution in [-0.4, -0.2) is 42.0 Å². The Morgan fingerprint density at radius 1 is 0.971 bits per heavy atom. The Hall–Kier alpha value is -3.61. The van der Waals surface area contributed by atoms with Crippen LogP contribution in [0.15, 0.2) is 84.4 Å². The molecule has 1 aliphatic heterocycles. The first-order chi connectivity index (χ1) is 17.0. The maximum Gasteiger partial charge on any atom is 0.295 e. The van der Waals surface area contributed by atoms with Crippen molar-refractivity contribution in [2.75, 3.05) is 20.3 Å². The van der Waals surface area contributed by atoms with Gasteiger partial charge < -0.3 is 19.5 Å². The lowest BCUT2D eigenvalue weighted by molar-refractivity contribution is -0.140. The fourth-order valence-electron chi connectivity index (χ4n) is 4.09. The van der Waals surface area contributed by atoms with E-state index in [1.807, 2.05) is 42.5 Å². The molecule has 4 rings (SSSR count). The standard InChI is InChI=1S/C28H26ClNO5/c1-34-17-5-16-30-25(20-10-14-23(15-11-20)35-18-19-6-3-2-4-7-19)24(27(32)28(30)33)26(31)21-8-12-22(29)13-9-21/h2-4,6-15,25,31H,5,16-18H2,1H3/t25-/m0/s1. The summed E-state index contributed by atoms with van der Waals surface area (Å²) >= 11 is 5.98. The fourth-order valence-corrected chi connectivity index (χ4v) is 4.21. The van der Waals surface area contributed by atoms with Gasteiger partial charge >= 0.3 is 0 Å². The number of nitrogens with zero attached hydrogens (tertiary/aromatic N) is 1. The molecule has 3 aromatic carbocycles. The van der Waals surface area contributed by atoms with E-state index in [-0.39, 0.29) is 11.3 Å². The lowest BCUT2D eigenvalue weighted by Crippen LogP contribution is -2.31. The first-order valence-corrected chi connectivity index (χ1v) is 11.7. The molecular formula is C28H26ClNO5. The highest BCUT2D eigenvalue weighted by molar-refractivity contribution is 6.46. The Kier molecular flexibility index (Phi) is 7.85. The van der Waals surface area contributed by atoms with E-state index in [0.717, 1.165) is 5.56 Å². The monoisotopic (exact) mass is 491 g/mol. The predicted octanol–water partition coefficient (Wildman–Crippen LogP) is 5.38. The van der Waals surface area contributed by atoms with Gasteiger partial charge in [0.05, 0.1) is 11.6 Å². The summed E-state index contributed by atoms with van der Waals surface area (Å²) in [7, 11) is 1.58. The number of halogens is 1. The van der Waals surface area contributed by atoms with Crippen molar-refractivity contribution in [3.05, 3.63) is 106 Å². The van der Waals surface area contributed by atoms with Gasteiger partial charge in [0.25, 0.3) is 11.7 Å². The zero-order chi connectivity index (χ0) is 24.8. The lowest BCUT2D eigenvalue weighted by atomic mass is 9.95. The summed E-state index contributed by atoms with van der Waals surface area (Å²) in [6, 6.07) is 22.8. The SMILES string of the molecule is COCCCN1C(=O)C(=O)C(=C(O)c2ccc(Cl)cc2)[C@@H]1c1ccc(OCc2ccccc2)cc1. The maximum absolute atomic E-state index is 13.0. The predicted molar refractivity (Wildman–Crippen MR) is 134 cm³/mol. The summed E-state index contributed by atoms with van der Waals surface area (Å²) in [6.07, 6.45) is 0.555. The van der Waals surface area contributed by atoms with Crippen molar-refractivity contribution >= 4 is 29.1 Å². The van der Waals surface area contributed by atoms with Crippen LogP contribution < -0.4 is 4.74 Å². The number of hydrogen-bond acceptors (Lipinski definition) is 5. The van der Waals surface area contributed by atoms with E-state index in [2.05, 4.69) is 0 Å². The third kappa shape index (κ3) is 5.56. The molecule has 1 fully saturated rings. The Labute approximate surface area is 209 Å². The molecule has 0 unspecified atom stereocenters. The molecule has 7 heteroatoms. The highest BCUT2D eigenvalue weighted by atomic mass is 35.5. The number of Topliss-reactive ketones (excluding diaryl/α,β-unsaturated/α-hetero) is 1. The number of amides is 1. The van der Waals surface area contributed by atoms with Crippen LogP contribution in [0.1, 0.15) is 29.2 Å². The molecular weight excluding hydrogens is 466 g/mol. The molecule has 180 valence electrons. The molecule has 3 aromatic rings. The van der Waals surface area contributed by atoms with Gasteiger partial charge in [-0.05, 0) is 53.9 Å². The summed E-state index contributed by atoms with van der Waals surface area (Å²) in [5.74, 6) is -0.939. The first-order valence-electron chi connectivity index (χ1n) is 11.3. The molecule has 1 saturated heterocycles. The van der Waals surface area contributed by atoms with Crippen LogP contribution in [0, 0.1) is 0 Å². The van der Waals surface area contributed by atoms with E-state index in [4.69, 9.17) is 21.1 Å². The van der Waals surface area contributed by atoms with Crippen LogP contribution in [0.2, 0.25) is 5.02 Å². The number of ketones is 1. The zero-order valence-corrected chi connectivity index (χ0v) is 20.1. The Balaban J connectivity index is 1.66. The Bertz CT molecular complexity index is 1210. The largest absolute Gasteiger partial charge is 0.507 e. The molecule has 35 heavy (non-hydrogen) atoms. The number of methoxy groups -OCH3 is 1. The molecule has 1 atom stereocenters. The third-order valence-electron chi connectivity index (χ3n) is 5.85. The number of carbonyl (C=O) groups is 2. The minimum Gasteiger partial charge on any atom is -0.507 e. The quantitative estimate of drug-likeness (QED) is 0.188. The number of aliphatic hydroxyl groups excluding tert-OH is 1. The summed E-state index contributed by atoms with van der Waals surface area (Å²) in [5.41, 5.74) is 2.21. The number of ether oxygens (including phenoxy) is 2. The molecule has 0 bridgehead atoms. The van der Waals surface area contributed by atoms with Gasteiger partial charge in [0.15, 0.2) is 0 Å². The smallest absolute Gasteiger partial charge is 0.295 e. The van der Waals surface area contributed by atoms with Gasteiger partial charge in [-0.2, -0.15) is 0 Å². The summed E-state index contributed by atoms with van der Waals surface area (Å²) in [6.45, 7) is 1.18. The molecule has 0 aliphatic carbocycles. The van der Waals surface area contributed by atoms with Gasteiger partial charge in [-0.15, -0.1) is 0 Å². The van der Waals surface area contributed by atoms with E-state index in [0.29, 0.717) is 48.1 Å². The van der Waals surface area contributed by atoms with Gasteiger partial charge in [-0.1, -0.05) is 54.1 Å². The molecule has 0 radical (unpaired) electrons. The number of benzene rings is 3. The van der Waals surface area contributed by atoms with Gasteiger partial charge in [0, 0.05) is 30.8 Å². The minimum absolute atomic E-state index is 0.0488. The van der Waals surface area contributed by atoms with Gasteiger partial charge in [0.1, 0.15) is 18.1 Å². The van der Waals surface area contributed by atoms with Crippen molar-refractivity contribution in [3.63, 3.8) is 0 Å². The van der Waals surface area contributed by atoms with Crippen molar-refractivity contribution in [1.82, 2.24) is 4.90 Å². The van der Waals surface area contributed by atoms with Crippen molar-refractivity contribution in [3.8, 4) is 5.75 Å². The van der Waals surface area contributed by atoms with Crippen molar-refractivity contribution in [2.24, 2.45) is 0 Å². The molecule has 0 saturated carbocycles. The average Bonchev–Trinajstić information content (AvgIpc) is 3.13. The molecule has 1 N–H and O–H groups in total. The van der Waals surface area contributed by atoms with Crippen LogP contribution in [0.5, 0.6) is 5.75 Å². The zero-order valence-electron chi connectivity index (χ0n) is 19.3. The van der Waals surface area contributed by atoms with Crippen LogP contribution >= 0.6 is 11.6 Å². The number of likely N-dealkylation sites (tertiary alicyclic amines) is 1. The number of hydrogen-bond donors (Lipinski definition) is 1. The number of carbonyl (C=O) groups excluding carboxylic acids is 2. The molecule has 0 aromatic heterocycles. The minimum atomic E-state index is -0.731. The second kappa shape index (κ2) is 11.2. The second-order valence-electron chi connectivity index (χ2n) is 8.19. The third-order valence-corrected chi connectivity index (χ3v) is 6.10. The van der Waals surface area contributed by atoms with Gasteiger partial charge in [0.2, 0.25) is 0 Å². The van der Waals surface area contributed by atoms with Crippen molar-refractivity contribution < 1.29 is 24.2 Å². The number of aliphatic hydroxyl groups is 1. The Morgan fingerprint density at radius 3 is 2.31 bits per heavy atom. The van der Waals surface area contributed by atoms with Crippen molar-refractivity contribution in [2.45, 2.75) is 19.1 Å². The van der Waals surface area contributed by atoms with Crippen molar-refractivity contribution in [1.29, 1.82) is 0 Å².